The van der Waals surface area contributed by atoms with Gasteiger partial charge in [0, 0.05) is 33.5 Å². The van der Waals surface area contributed by atoms with Gasteiger partial charge in [-0.15, -0.1) is 11.3 Å². The number of nitrogens with one attached hydrogen (secondary N) is 2. The van der Waals surface area contributed by atoms with Crippen LogP contribution in [0.1, 0.15) is 48.3 Å². The number of carbonyl (C=O) groups excluding carboxylic acids is 2. The van der Waals surface area contributed by atoms with Crippen molar-refractivity contribution in [2.45, 2.75) is 25.4 Å². The molecule has 0 bridgehead atoms. The van der Waals surface area contributed by atoms with Gasteiger partial charge in [0.15, 0.2) is 5.96 Å². The summed E-state index contributed by atoms with van der Waals surface area (Å²) < 4.78 is 0.887. The molecule has 2 aliphatic heterocycles. The van der Waals surface area contributed by atoms with Crippen LogP contribution in [0.3, 0.4) is 0 Å². The number of nitrogens with zero attached hydrogens (tertiary/aromatic N) is 2. The number of hydrogen-bond donors (Lipinski definition) is 4. The largest absolute Gasteiger partial charge is 0.478 e. The van der Waals surface area contributed by atoms with E-state index in [0.717, 1.165) is 26.0 Å². The van der Waals surface area contributed by atoms with E-state index in [1.807, 2.05) is 23.6 Å². The summed E-state index contributed by atoms with van der Waals surface area (Å²) in [6, 6.07) is 10.7. The van der Waals surface area contributed by atoms with E-state index in [2.05, 4.69) is 21.2 Å². The maximum Gasteiger partial charge on any atom is 0.335 e. The molecule has 2 amide bonds. The number of carboxylic acid groups (broad SMARTS) is 1. The third-order valence-corrected chi connectivity index (χ3v) is 8.55. The molecular formula is C26H24BrN5O4S. The number of nitrogens with two attached hydrogens (primary N) is 1. The summed E-state index contributed by atoms with van der Waals surface area (Å²) in [4.78, 5) is 43.2. The first-order valence-electron chi connectivity index (χ1n) is 11.6. The molecule has 3 heterocycles. The minimum Gasteiger partial charge on any atom is -0.478 e. The SMILES string of the molecule is N=C(N)N1CCc2c(C(=O)N3CCc4c(Br)cccc4C3C(=O)Nc3ccc(C(=O)O)cc3)csc2C1. The van der Waals surface area contributed by atoms with Crippen LogP contribution in [0.4, 0.5) is 5.69 Å². The third-order valence-electron chi connectivity index (χ3n) is 6.79. The van der Waals surface area contributed by atoms with Crippen molar-refractivity contribution in [2.75, 3.05) is 18.4 Å². The van der Waals surface area contributed by atoms with E-state index in [1.165, 1.54) is 35.6 Å². The third kappa shape index (κ3) is 4.72. The highest BCUT2D eigenvalue weighted by Crippen LogP contribution is 2.37. The Morgan fingerprint density at radius 2 is 1.81 bits per heavy atom. The average Bonchev–Trinajstić information content (AvgIpc) is 3.31. The van der Waals surface area contributed by atoms with Crippen LogP contribution >= 0.6 is 27.3 Å². The number of amides is 2. The number of halogens is 1. The summed E-state index contributed by atoms with van der Waals surface area (Å²) in [6.07, 6.45) is 1.20. The van der Waals surface area contributed by atoms with Crippen molar-refractivity contribution in [3.05, 3.63) is 85.0 Å². The van der Waals surface area contributed by atoms with Crippen LogP contribution < -0.4 is 11.1 Å². The molecule has 0 aliphatic carbocycles. The lowest BCUT2D eigenvalue weighted by atomic mass is 9.90. The first-order chi connectivity index (χ1) is 17.7. The van der Waals surface area contributed by atoms with E-state index in [9.17, 15) is 14.4 Å². The zero-order valence-corrected chi connectivity index (χ0v) is 22.1. The molecule has 5 N–H and O–H groups in total. The monoisotopic (exact) mass is 581 g/mol. The maximum atomic E-state index is 13.9. The fourth-order valence-electron chi connectivity index (χ4n) is 4.90. The van der Waals surface area contributed by atoms with Gasteiger partial charge in [-0.2, -0.15) is 0 Å². The molecule has 0 saturated carbocycles. The van der Waals surface area contributed by atoms with Crippen molar-refractivity contribution in [3.63, 3.8) is 0 Å². The molecule has 2 aliphatic rings. The molecule has 1 atom stereocenters. The Hall–Kier alpha value is -3.70. The summed E-state index contributed by atoms with van der Waals surface area (Å²) in [5.74, 6) is -1.62. The fraction of sp³-hybridized carbons (Fsp3) is 0.231. The Morgan fingerprint density at radius 3 is 2.51 bits per heavy atom. The number of fused-ring (bicyclic) bond motifs is 2. The van der Waals surface area contributed by atoms with Crippen molar-refractivity contribution < 1.29 is 19.5 Å². The number of aromatic carboxylic acids is 1. The molecule has 37 heavy (non-hydrogen) atoms. The Kier molecular flexibility index (Phi) is 6.74. The molecule has 0 radical (unpaired) electrons. The topological polar surface area (TPSA) is 140 Å². The zero-order chi connectivity index (χ0) is 26.3. The second-order valence-electron chi connectivity index (χ2n) is 8.94. The van der Waals surface area contributed by atoms with E-state index in [0.29, 0.717) is 43.7 Å². The predicted molar refractivity (Wildman–Crippen MR) is 144 cm³/mol. The molecule has 1 aromatic heterocycles. The van der Waals surface area contributed by atoms with Crippen LogP contribution in [0.5, 0.6) is 0 Å². The molecule has 0 spiro atoms. The number of benzene rings is 2. The molecule has 11 heteroatoms. The lowest BCUT2D eigenvalue weighted by molar-refractivity contribution is -0.121. The minimum absolute atomic E-state index is 0.0123. The summed E-state index contributed by atoms with van der Waals surface area (Å²) >= 11 is 5.06. The number of anilines is 1. The van der Waals surface area contributed by atoms with Crippen LogP contribution in [0.2, 0.25) is 0 Å². The van der Waals surface area contributed by atoms with E-state index in [-0.39, 0.29) is 23.3 Å². The summed E-state index contributed by atoms with van der Waals surface area (Å²) in [5, 5.41) is 21.6. The van der Waals surface area contributed by atoms with E-state index >= 15 is 0 Å². The number of carboxylic acids is 1. The second kappa shape index (κ2) is 9.98. The second-order valence-corrected chi connectivity index (χ2v) is 10.8. The normalized spacial score (nSPS) is 16.5. The van der Waals surface area contributed by atoms with Crippen LogP contribution in [0.25, 0.3) is 0 Å². The molecule has 9 nitrogen and oxygen atoms in total. The molecule has 2 aromatic carbocycles. The molecule has 1 unspecified atom stereocenters. The van der Waals surface area contributed by atoms with Gasteiger partial charge in [-0.05, 0) is 59.9 Å². The molecule has 5 rings (SSSR count). The lowest BCUT2D eigenvalue weighted by Gasteiger charge is -2.37. The standard InChI is InChI=1S/C26H24BrN5O4S/c27-20-3-1-2-18-16(20)9-11-32(22(18)23(33)30-15-6-4-14(5-7-15)25(35)36)24(34)19-13-37-21-12-31(26(28)29)10-8-17(19)21/h1-7,13,22H,8-12H2,(H3,28,29)(H,30,33)(H,35,36). The number of hydrogen-bond acceptors (Lipinski definition) is 5. The van der Waals surface area contributed by atoms with Gasteiger partial charge < -0.3 is 26.0 Å². The van der Waals surface area contributed by atoms with Crippen molar-refractivity contribution in [3.8, 4) is 0 Å². The molecule has 3 aromatic rings. The highest BCUT2D eigenvalue weighted by atomic mass is 79.9. The van der Waals surface area contributed by atoms with Crippen molar-refractivity contribution in [2.24, 2.45) is 5.73 Å². The van der Waals surface area contributed by atoms with Gasteiger partial charge >= 0.3 is 5.97 Å². The number of thiophene rings is 1. The highest BCUT2D eigenvalue weighted by molar-refractivity contribution is 9.10. The highest BCUT2D eigenvalue weighted by Gasteiger charge is 2.38. The van der Waals surface area contributed by atoms with Crippen LogP contribution in [0, 0.1) is 5.41 Å². The van der Waals surface area contributed by atoms with Gasteiger partial charge in [0.1, 0.15) is 6.04 Å². The van der Waals surface area contributed by atoms with E-state index in [4.69, 9.17) is 16.2 Å². The van der Waals surface area contributed by atoms with E-state index in [1.54, 1.807) is 9.80 Å². The van der Waals surface area contributed by atoms with Gasteiger partial charge in [0.2, 0.25) is 0 Å². The van der Waals surface area contributed by atoms with Crippen molar-refractivity contribution in [1.29, 1.82) is 5.41 Å². The van der Waals surface area contributed by atoms with Crippen molar-refractivity contribution >= 4 is 56.7 Å². The van der Waals surface area contributed by atoms with Crippen LogP contribution in [-0.2, 0) is 24.2 Å². The predicted octanol–water partition coefficient (Wildman–Crippen LogP) is 3.84. The molecular weight excluding hydrogens is 558 g/mol. The first kappa shape index (κ1) is 25.0. The van der Waals surface area contributed by atoms with Gasteiger partial charge in [0.25, 0.3) is 11.8 Å². The Labute approximate surface area is 225 Å². The summed E-state index contributed by atoms with van der Waals surface area (Å²) in [6.45, 7) is 1.43. The Morgan fingerprint density at radius 1 is 1.08 bits per heavy atom. The van der Waals surface area contributed by atoms with Gasteiger partial charge in [0.05, 0.1) is 17.7 Å². The minimum atomic E-state index is -1.05. The summed E-state index contributed by atoms with van der Waals surface area (Å²) in [7, 11) is 0. The number of guanidine groups is 1. The first-order valence-corrected chi connectivity index (χ1v) is 13.3. The van der Waals surface area contributed by atoms with Crippen LogP contribution in [-0.4, -0.2) is 51.7 Å². The quantitative estimate of drug-likeness (QED) is 0.272. The average molecular weight is 582 g/mol. The van der Waals surface area contributed by atoms with E-state index < -0.39 is 12.0 Å². The lowest BCUT2D eigenvalue weighted by Crippen LogP contribution is -2.46. The smallest absolute Gasteiger partial charge is 0.335 e. The molecule has 0 saturated heterocycles. The van der Waals surface area contributed by atoms with Gasteiger partial charge in [-0.1, -0.05) is 28.1 Å². The Bertz CT molecular complexity index is 1420. The molecule has 0 fully saturated rings. The Balaban J connectivity index is 1.47. The van der Waals surface area contributed by atoms with Crippen LogP contribution in [0.15, 0.2) is 52.3 Å². The van der Waals surface area contributed by atoms with Gasteiger partial charge in [-0.25, -0.2) is 4.79 Å². The maximum absolute atomic E-state index is 13.9. The fourth-order valence-corrected chi connectivity index (χ4v) is 6.57. The number of rotatable bonds is 4. The van der Waals surface area contributed by atoms with Crippen molar-refractivity contribution in [1.82, 2.24) is 9.80 Å². The molecule has 190 valence electrons. The zero-order valence-electron chi connectivity index (χ0n) is 19.7. The number of carbonyl (C=O) groups is 3. The summed E-state index contributed by atoms with van der Waals surface area (Å²) in [5.41, 5.74) is 9.51. The van der Waals surface area contributed by atoms with Gasteiger partial charge in [-0.3, -0.25) is 15.0 Å².